The summed E-state index contributed by atoms with van der Waals surface area (Å²) >= 11 is 0. The van der Waals surface area contributed by atoms with Gasteiger partial charge in [-0.15, -0.1) is 0 Å². The van der Waals surface area contributed by atoms with Crippen molar-refractivity contribution in [1.82, 2.24) is 25.1 Å². The number of nitrogens with zero attached hydrogens (tertiary/aromatic N) is 6. The number of rotatable bonds is 3. The number of para-hydroxylation sites is 1. The van der Waals surface area contributed by atoms with Crippen LogP contribution in [0.15, 0.2) is 53.4 Å². The minimum absolute atomic E-state index is 0.144. The Labute approximate surface area is 175 Å². The van der Waals surface area contributed by atoms with Gasteiger partial charge in [0, 0.05) is 42.5 Å². The van der Waals surface area contributed by atoms with Gasteiger partial charge >= 0.3 is 12.1 Å². The summed E-state index contributed by atoms with van der Waals surface area (Å²) in [5.41, 5.74) is 2.99. The molecule has 1 aliphatic rings. The van der Waals surface area contributed by atoms with Gasteiger partial charge in [0.1, 0.15) is 5.69 Å². The molecule has 1 saturated heterocycles. The number of hydrogen-bond acceptors (Lipinski definition) is 7. The van der Waals surface area contributed by atoms with Crippen molar-refractivity contribution >= 4 is 16.6 Å². The summed E-state index contributed by atoms with van der Waals surface area (Å²) < 4.78 is 42.5. The summed E-state index contributed by atoms with van der Waals surface area (Å²) in [5.74, 6) is -1.47. The van der Waals surface area contributed by atoms with Crippen LogP contribution >= 0.6 is 0 Å². The van der Waals surface area contributed by atoms with Crippen LogP contribution in [0.3, 0.4) is 0 Å². The molecule has 1 fully saturated rings. The molecule has 0 unspecified atom stereocenters. The number of hydrogen-bond donors (Lipinski definition) is 0. The van der Waals surface area contributed by atoms with E-state index in [0.717, 1.165) is 48.2 Å². The van der Waals surface area contributed by atoms with E-state index >= 15 is 0 Å². The molecule has 0 aliphatic carbocycles. The lowest BCUT2D eigenvalue weighted by Gasteiger charge is -2.34. The molecule has 0 N–H and O–H groups in total. The van der Waals surface area contributed by atoms with Crippen molar-refractivity contribution in [3.8, 4) is 11.5 Å². The summed E-state index contributed by atoms with van der Waals surface area (Å²) in [6.45, 7) is 1.65. The van der Waals surface area contributed by atoms with Gasteiger partial charge in [0.05, 0.1) is 17.4 Å². The van der Waals surface area contributed by atoms with Crippen molar-refractivity contribution in [2.45, 2.75) is 24.9 Å². The third kappa shape index (κ3) is 3.80. The maximum absolute atomic E-state index is 12.7. The Bertz CT molecular complexity index is 1210. The molecule has 5 rings (SSSR count). The minimum Gasteiger partial charge on any atom is -0.371 e. The molecule has 4 aromatic rings. The third-order valence-electron chi connectivity index (χ3n) is 5.43. The molecule has 10 heteroatoms. The second-order valence-electron chi connectivity index (χ2n) is 7.36. The molecule has 7 nitrogen and oxygen atoms in total. The fraction of sp³-hybridized carbons (Fsp3) is 0.286. The standard InChI is InChI=1S/C21H17F3N6O/c22-21(23,24)20-28-19(29-31-20)17-12-25-11-16(27-17)13-6-9-30(10-7-13)18-5-8-26-15-4-2-1-3-14(15)18/h1-5,8,11-13H,6-7,9-10H2. The van der Waals surface area contributed by atoms with Gasteiger partial charge in [-0.25, -0.2) is 4.98 Å². The highest BCUT2D eigenvalue weighted by atomic mass is 19.4. The average molecular weight is 426 g/mol. The third-order valence-corrected chi connectivity index (χ3v) is 5.43. The number of alkyl halides is 3. The van der Waals surface area contributed by atoms with E-state index in [1.165, 1.54) is 6.20 Å². The predicted octanol–water partition coefficient (Wildman–Crippen LogP) is 4.48. The van der Waals surface area contributed by atoms with Crippen molar-refractivity contribution in [2.75, 3.05) is 18.0 Å². The minimum atomic E-state index is -4.69. The fourth-order valence-electron chi connectivity index (χ4n) is 3.90. The first kappa shape index (κ1) is 19.4. The number of aromatic nitrogens is 5. The zero-order valence-electron chi connectivity index (χ0n) is 16.3. The maximum Gasteiger partial charge on any atom is 0.471 e. The zero-order chi connectivity index (χ0) is 21.4. The number of pyridine rings is 1. The highest BCUT2D eigenvalue weighted by molar-refractivity contribution is 5.91. The SMILES string of the molecule is FC(F)(F)c1nc(-c2cncc(C3CCN(c4ccnc5ccccc45)CC3)n2)no1. The Hall–Kier alpha value is -3.56. The van der Waals surface area contributed by atoms with Crippen molar-refractivity contribution in [3.63, 3.8) is 0 Å². The first-order valence-electron chi connectivity index (χ1n) is 9.81. The molecule has 0 spiro atoms. The normalized spacial score (nSPS) is 15.5. The lowest BCUT2D eigenvalue weighted by Crippen LogP contribution is -2.33. The predicted molar refractivity (Wildman–Crippen MR) is 106 cm³/mol. The van der Waals surface area contributed by atoms with Crippen LogP contribution in [0.25, 0.3) is 22.4 Å². The van der Waals surface area contributed by atoms with Crippen molar-refractivity contribution in [1.29, 1.82) is 0 Å². The zero-order valence-corrected chi connectivity index (χ0v) is 16.3. The van der Waals surface area contributed by atoms with Gasteiger partial charge in [0.25, 0.3) is 0 Å². The molecule has 31 heavy (non-hydrogen) atoms. The first-order chi connectivity index (χ1) is 15.0. The number of fused-ring (bicyclic) bond motifs is 1. The van der Waals surface area contributed by atoms with Crippen LogP contribution in [-0.4, -0.2) is 38.2 Å². The van der Waals surface area contributed by atoms with Gasteiger partial charge < -0.3 is 9.42 Å². The second-order valence-corrected chi connectivity index (χ2v) is 7.36. The number of anilines is 1. The van der Waals surface area contributed by atoms with Crippen LogP contribution in [0.2, 0.25) is 0 Å². The molecular formula is C21H17F3N6O. The van der Waals surface area contributed by atoms with E-state index in [0.29, 0.717) is 0 Å². The van der Waals surface area contributed by atoms with Gasteiger partial charge in [-0.1, -0.05) is 23.4 Å². The van der Waals surface area contributed by atoms with Crippen LogP contribution in [0.5, 0.6) is 0 Å². The molecule has 0 atom stereocenters. The summed E-state index contributed by atoms with van der Waals surface area (Å²) in [5, 5.41) is 4.51. The van der Waals surface area contributed by atoms with E-state index < -0.39 is 12.1 Å². The summed E-state index contributed by atoms with van der Waals surface area (Å²) in [4.78, 5) is 18.7. The Balaban J connectivity index is 1.33. The topological polar surface area (TPSA) is 80.8 Å². The van der Waals surface area contributed by atoms with Crippen LogP contribution in [0.1, 0.15) is 30.3 Å². The molecule has 0 radical (unpaired) electrons. The lowest BCUT2D eigenvalue weighted by atomic mass is 9.93. The second kappa shape index (κ2) is 7.60. The maximum atomic E-state index is 12.7. The Kier molecular flexibility index (Phi) is 4.76. The van der Waals surface area contributed by atoms with Gasteiger partial charge in [-0.05, 0) is 25.0 Å². The van der Waals surface area contributed by atoms with Crippen molar-refractivity contribution in [3.05, 3.63) is 60.5 Å². The Morgan fingerprint density at radius 3 is 2.58 bits per heavy atom. The van der Waals surface area contributed by atoms with E-state index in [1.54, 1.807) is 6.20 Å². The highest BCUT2D eigenvalue weighted by Crippen LogP contribution is 2.33. The van der Waals surface area contributed by atoms with Crippen molar-refractivity contribution in [2.24, 2.45) is 0 Å². The molecule has 0 bridgehead atoms. The molecule has 1 aromatic carbocycles. The van der Waals surface area contributed by atoms with E-state index in [4.69, 9.17) is 0 Å². The van der Waals surface area contributed by atoms with E-state index in [2.05, 4.69) is 40.6 Å². The van der Waals surface area contributed by atoms with Crippen LogP contribution in [0.4, 0.5) is 18.9 Å². The summed E-state index contributed by atoms with van der Waals surface area (Å²) in [7, 11) is 0. The average Bonchev–Trinajstić information content (AvgIpc) is 3.30. The number of halogens is 3. The number of benzene rings is 1. The summed E-state index contributed by atoms with van der Waals surface area (Å²) in [6.07, 6.45) is 1.80. The van der Waals surface area contributed by atoms with E-state index in [9.17, 15) is 13.2 Å². The monoisotopic (exact) mass is 426 g/mol. The van der Waals surface area contributed by atoms with Gasteiger partial charge in [-0.3, -0.25) is 9.97 Å². The fourth-order valence-corrected chi connectivity index (χ4v) is 3.90. The van der Waals surface area contributed by atoms with Crippen LogP contribution in [0, 0.1) is 0 Å². The molecule has 1 aliphatic heterocycles. The summed E-state index contributed by atoms with van der Waals surface area (Å²) in [6, 6.07) is 10.1. The number of piperidine rings is 1. The lowest BCUT2D eigenvalue weighted by molar-refractivity contribution is -0.159. The van der Waals surface area contributed by atoms with Gasteiger partial charge in [-0.2, -0.15) is 18.2 Å². The molecule has 0 amide bonds. The van der Waals surface area contributed by atoms with E-state index in [1.807, 2.05) is 30.5 Å². The Morgan fingerprint density at radius 2 is 1.81 bits per heavy atom. The quantitative estimate of drug-likeness (QED) is 0.478. The van der Waals surface area contributed by atoms with Gasteiger partial charge in [0.15, 0.2) is 0 Å². The highest BCUT2D eigenvalue weighted by Gasteiger charge is 2.38. The molecule has 158 valence electrons. The molecule has 4 heterocycles. The Morgan fingerprint density at radius 1 is 1.00 bits per heavy atom. The van der Waals surface area contributed by atoms with Gasteiger partial charge in [0.2, 0.25) is 5.82 Å². The molecule has 3 aromatic heterocycles. The largest absolute Gasteiger partial charge is 0.471 e. The smallest absolute Gasteiger partial charge is 0.371 e. The first-order valence-corrected chi connectivity index (χ1v) is 9.81. The van der Waals surface area contributed by atoms with Crippen LogP contribution in [-0.2, 0) is 6.18 Å². The molecular weight excluding hydrogens is 409 g/mol. The van der Waals surface area contributed by atoms with Crippen molar-refractivity contribution < 1.29 is 17.7 Å². The van der Waals surface area contributed by atoms with E-state index in [-0.39, 0.29) is 17.4 Å². The molecule has 0 saturated carbocycles. The van der Waals surface area contributed by atoms with Crippen LogP contribution < -0.4 is 4.90 Å².